The third kappa shape index (κ3) is 4.31. The van der Waals surface area contributed by atoms with Crippen molar-refractivity contribution in [3.8, 4) is 0 Å². The summed E-state index contributed by atoms with van der Waals surface area (Å²) in [5.74, 6) is 0. The second-order valence-corrected chi connectivity index (χ2v) is 6.19. The van der Waals surface area contributed by atoms with Crippen LogP contribution in [0.15, 0.2) is 15.7 Å². The van der Waals surface area contributed by atoms with Crippen molar-refractivity contribution < 1.29 is 4.74 Å². The standard InChI is InChI=1S/C16H28N4O3/c1-5-23-9-8-20-7-6-19(11-13(20)2)12-14-10-15(21)18(4)16(22)17(14)3/h10,13H,5-9,11-12H2,1-4H3/t13-/m0/s1. The first-order valence-corrected chi connectivity index (χ1v) is 8.24. The van der Waals surface area contributed by atoms with Crippen LogP contribution in [0.25, 0.3) is 0 Å². The first-order chi connectivity index (χ1) is 10.9. The largest absolute Gasteiger partial charge is 0.380 e. The van der Waals surface area contributed by atoms with E-state index >= 15 is 0 Å². The molecule has 130 valence electrons. The van der Waals surface area contributed by atoms with Crippen LogP contribution in [0.4, 0.5) is 0 Å². The van der Waals surface area contributed by atoms with Crippen molar-refractivity contribution in [1.82, 2.24) is 18.9 Å². The van der Waals surface area contributed by atoms with E-state index in [0.717, 1.165) is 49.7 Å². The monoisotopic (exact) mass is 324 g/mol. The molecular formula is C16H28N4O3. The van der Waals surface area contributed by atoms with Gasteiger partial charge in [0.05, 0.1) is 6.61 Å². The predicted molar refractivity (Wildman–Crippen MR) is 89.7 cm³/mol. The van der Waals surface area contributed by atoms with E-state index in [-0.39, 0.29) is 11.2 Å². The van der Waals surface area contributed by atoms with Gasteiger partial charge in [0, 0.05) is 71.2 Å². The molecular weight excluding hydrogens is 296 g/mol. The fraction of sp³-hybridized carbons (Fsp3) is 0.750. The number of nitrogens with zero attached hydrogens (tertiary/aromatic N) is 4. The SMILES string of the molecule is CCOCCN1CCN(Cc2cc(=O)n(C)c(=O)n2C)C[C@@H]1C. The highest BCUT2D eigenvalue weighted by molar-refractivity contribution is 5.02. The molecule has 1 aliphatic rings. The average Bonchev–Trinajstić information content (AvgIpc) is 2.53. The van der Waals surface area contributed by atoms with Gasteiger partial charge in [-0.3, -0.25) is 23.7 Å². The van der Waals surface area contributed by atoms with Crippen molar-refractivity contribution in [3.05, 3.63) is 32.6 Å². The Kier molecular flexibility index (Phi) is 6.15. The number of aromatic nitrogens is 2. The van der Waals surface area contributed by atoms with Crippen LogP contribution in [0, 0.1) is 0 Å². The van der Waals surface area contributed by atoms with Crippen molar-refractivity contribution in [3.63, 3.8) is 0 Å². The molecule has 0 bridgehead atoms. The molecule has 0 aliphatic carbocycles. The Morgan fingerprint density at radius 2 is 1.96 bits per heavy atom. The zero-order valence-electron chi connectivity index (χ0n) is 14.6. The molecule has 23 heavy (non-hydrogen) atoms. The van der Waals surface area contributed by atoms with Gasteiger partial charge in [0.1, 0.15) is 0 Å². The summed E-state index contributed by atoms with van der Waals surface area (Å²) in [7, 11) is 3.23. The second kappa shape index (κ2) is 7.90. The smallest absolute Gasteiger partial charge is 0.330 e. The minimum atomic E-state index is -0.268. The quantitative estimate of drug-likeness (QED) is 0.668. The van der Waals surface area contributed by atoms with Gasteiger partial charge in [-0.05, 0) is 13.8 Å². The van der Waals surface area contributed by atoms with Crippen molar-refractivity contribution >= 4 is 0 Å². The fourth-order valence-corrected chi connectivity index (χ4v) is 3.03. The van der Waals surface area contributed by atoms with E-state index in [4.69, 9.17) is 4.74 Å². The summed E-state index contributed by atoms with van der Waals surface area (Å²) in [6, 6.07) is 2.00. The molecule has 0 spiro atoms. The van der Waals surface area contributed by atoms with Crippen LogP contribution in [-0.2, 0) is 25.4 Å². The lowest BCUT2D eigenvalue weighted by Crippen LogP contribution is -2.52. The van der Waals surface area contributed by atoms with E-state index in [1.54, 1.807) is 17.7 Å². The van der Waals surface area contributed by atoms with E-state index in [0.29, 0.717) is 12.6 Å². The minimum absolute atomic E-state index is 0.244. The van der Waals surface area contributed by atoms with Crippen molar-refractivity contribution in [2.45, 2.75) is 26.4 Å². The molecule has 1 aromatic heterocycles. The summed E-state index contributed by atoms with van der Waals surface area (Å²) < 4.78 is 8.13. The fourth-order valence-electron chi connectivity index (χ4n) is 3.03. The average molecular weight is 324 g/mol. The van der Waals surface area contributed by atoms with Crippen molar-refractivity contribution in [2.24, 2.45) is 14.1 Å². The second-order valence-electron chi connectivity index (χ2n) is 6.19. The zero-order chi connectivity index (χ0) is 17.0. The lowest BCUT2D eigenvalue weighted by molar-refractivity contribution is 0.0457. The zero-order valence-corrected chi connectivity index (χ0v) is 14.6. The lowest BCUT2D eigenvalue weighted by atomic mass is 10.2. The minimum Gasteiger partial charge on any atom is -0.380 e. The lowest BCUT2D eigenvalue weighted by Gasteiger charge is -2.39. The normalized spacial score (nSPS) is 20.1. The topological polar surface area (TPSA) is 59.7 Å². The molecule has 7 nitrogen and oxygen atoms in total. The molecule has 1 fully saturated rings. The molecule has 0 amide bonds. The first kappa shape index (κ1) is 17.9. The van der Waals surface area contributed by atoms with Gasteiger partial charge in [-0.1, -0.05) is 0 Å². The maximum absolute atomic E-state index is 12.0. The Balaban J connectivity index is 1.99. The molecule has 0 aromatic carbocycles. The van der Waals surface area contributed by atoms with E-state index in [2.05, 4.69) is 16.7 Å². The third-order valence-electron chi connectivity index (χ3n) is 4.59. The van der Waals surface area contributed by atoms with Crippen LogP contribution in [0.5, 0.6) is 0 Å². The summed E-state index contributed by atoms with van der Waals surface area (Å²) in [5.41, 5.74) is 0.260. The number of piperazine rings is 1. The Morgan fingerprint density at radius 3 is 2.61 bits per heavy atom. The highest BCUT2D eigenvalue weighted by Gasteiger charge is 2.24. The molecule has 0 N–H and O–H groups in total. The van der Waals surface area contributed by atoms with E-state index < -0.39 is 0 Å². The maximum Gasteiger partial charge on any atom is 0.330 e. The Bertz CT molecular complexity index is 637. The molecule has 2 heterocycles. The molecule has 0 saturated carbocycles. The summed E-state index contributed by atoms with van der Waals surface area (Å²) in [6.07, 6.45) is 0. The summed E-state index contributed by atoms with van der Waals surface area (Å²) in [4.78, 5) is 28.6. The molecule has 0 unspecified atom stereocenters. The summed E-state index contributed by atoms with van der Waals surface area (Å²) in [5, 5.41) is 0. The van der Waals surface area contributed by atoms with Crippen molar-refractivity contribution in [1.29, 1.82) is 0 Å². The molecule has 1 aliphatic heterocycles. The maximum atomic E-state index is 12.0. The van der Waals surface area contributed by atoms with Gasteiger partial charge in [-0.2, -0.15) is 0 Å². The number of rotatable bonds is 6. The van der Waals surface area contributed by atoms with Crippen LogP contribution in [0.2, 0.25) is 0 Å². The Hall–Kier alpha value is -1.44. The van der Waals surface area contributed by atoms with E-state index in [1.165, 1.54) is 7.05 Å². The molecule has 0 radical (unpaired) electrons. The van der Waals surface area contributed by atoms with E-state index in [9.17, 15) is 9.59 Å². The van der Waals surface area contributed by atoms with Gasteiger partial charge in [-0.25, -0.2) is 4.79 Å². The number of hydrogen-bond acceptors (Lipinski definition) is 5. The van der Waals surface area contributed by atoms with Crippen molar-refractivity contribution in [2.75, 3.05) is 39.4 Å². The van der Waals surface area contributed by atoms with Gasteiger partial charge in [0.25, 0.3) is 5.56 Å². The highest BCUT2D eigenvalue weighted by Crippen LogP contribution is 2.11. The van der Waals surface area contributed by atoms with Crippen LogP contribution >= 0.6 is 0 Å². The number of ether oxygens (including phenoxy) is 1. The predicted octanol–water partition coefficient (Wildman–Crippen LogP) is -0.373. The van der Waals surface area contributed by atoms with Crippen LogP contribution < -0.4 is 11.2 Å². The van der Waals surface area contributed by atoms with Crippen LogP contribution in [0.1, 0.15) is 19.5 Å². The number of hydrogen-bond donors (Lipinski definition) is 0. The van der Waals surface area contributed by atoms with Gasteiger partial charge in [-0.15, -0.1) is 0 Å². The van der Waals surface area contributed by atoms with Gasteiger partial charge < -0.3 is 4.74 Å². The Morgan fingerprint density at radius 1 is 1.22 bits per heavy atom. The molecule has 7 heteroatoms. The molecule has 1 saturated heterocycles. The van der Waals surface area contributed by atoms with Crippen LogP contribution in [-0.4, -0.2) is 64.4 Å². The Labute approximate surface area is 137 Å². The molecule has 2 rings (SSSR count). The van der Waals surface area contributed by atoms with Gasteiger partial charge in [0.15, 0.2) is 0 Å². The van der Waals surface area contributed by atoms with Gasteiger partial charge in [0.2, 0.25) is 0 Å². The summed E-state index contributed by atoms with van der Waals surface area (Å²) >= 11 is 0. The summed E-state index contributed by atoms with van der Waals surface area (Å²) in [6.45, 7) is 10.2. The molecule has 1 aromatic rings. The van der Waals surface area contributed by atoms with Crippen LogP contribution in [0.3, 0.4) is 0 Å². The first-order valence-electron chi connectivity index (χ1n) is 8.24. The van der Waals surface area contributed by atoms with E-state index in [1.807, 2.05) is 6.92 Å². The third-order valence-corrected chi connectivity index (χ3v) is 4.59. The molecule has 1 atom stereocenters. The highest BCUT2D eigenvalue weighted by atomic mass is 16.5. The van der Waals surface area contributed by atoms with Gasteiger partial charge >= 0.3 is 5.69 Å².